The molecule has 0 unspecified atom stereocenters. The van der Waals surface area contributed by atoms with Gasteiger partial charge in [-0.1, -0.05) is 37.3 Å². The van der Waals surface area contributed by atoms with E-state index < -0.39 is 0 Å². The first-order valence-corrected chi connectivity index (χ1v) is 5.34. The van der Waals surface area contributed by atoms with Crippen molar-refractivity contribution >= 4 is 18.3 Å². The topological polar surface area (TPSA) is 41.1 Å². The Kier molecular flexibility index (Phi) is 8.58. The van der Waals surface area contributed by atoms with Crippen LogP contribution in [0.25, 0.3) is 0 Å². The summed E-state index contributed by atoms with van der Waals surface area (Å²) in [5.41, 5.74) is 1.05. The lowest BCUT2D eigenvalue weighted by Crippen LogP contribution is -2.32. The van der Waals surface area contributed by atoms with Gasteiger partial charge in [-0.2, -0.15) is 0 Å². The molecule has 1 aromatic carbocycles. The van der Waals surface area contributed by atoms with Crippen molar-refractivity contribution in [2.75, 3.05) is 19.6 Å². The van der Waals surface area contributed by atoms with E-state index in [4.69, 9.17) is 0 Å². The SMILES string of the molecule is CCNCCNC(=O)Cc1ccccc1.Cl. The number of benzene rings is 1. The predicted molar refractivity (Wildman–Crippen MR) is 68.9 cm³/mol. The molecule has 0 saturated heterocycles. The van der Waals surface area contributed by atoms with E-state index in [1.165, 1.54) is 0 Å². The third-order valence-corrected chi connectivity index (χ3v) is 2.08. The van der Waals surface area contributed by atoms with E-state index >= 15 is 0 Å². The van der Waals surface area contributed by atoms with Crippen LogP contribution in [0.15, 0.2) is 30.3 Å². The van der Waals surface area contributed by atoms with Crippen molar-refractivity contribution in [3.8, 4) is 0 Å². The number of nitrogens with one attached hydrogen (secondary N) is 2. The van der Waals surface area contributed by atoms with Gasteiger partial charge in [0, 0.05) is 13.1 Å². The number of carbonyl (C=O) groups excluding carboxylic acids is 1. The highest BCUT2D eigenvalue weighted by Crippen LogP contribution is 1.98. The van der Waals surface area contributed by atoms with E-state index in [1.54, 1.807) is 0 Å². The van der Waals surface area contributed by atoms with Gasteiger partial charge in [0.25, 0.3) is 0 Å². The van der Waals surface area contributed by atoms with Crippen molar-refractivity contribution in [3.05, 3.63) is 35.9 Å². The highest BCUT2D eigenvalue weighted by atomic mass is 35.5. The molecule has 0 heterocycles. The van der Waals surface area contributed by atoms with Crippen LogP contribution in [0.2, 0.25) is 0 Å². The van der Waals surface area contributed by atoms with Gasteiger partial charge in [0.15, 0.2) is 0 Å². The predicted octanol–water partition coefficient (Wildman–Crippen LogP) is 1.38. The molecule has 0 fully saturated rings. The molecule has 0 aliphatic heterocycles. The fourth-order valence-electron chi connectivity index (χ4n) is 1.31. The second-order valence-corrected chi connectivity index (χ2v) is 3.37. The molecule has 16 heavy (non-hydrogen) atoms. The van der Waals surface area contributed by atoms with E-state index in [1.807, 2.05) is 37.3 Å². The third-order valence-electron chi connectivity index (χ3n) is 2.08. The van der Waals surface area contributed by atoms with Crippen molar-refractivity contribution in [3.63, 3.8) is 0 Å². The number of carbonyl (C=O) groups is 1. The molecule has 3 nitrogen and oxygen atoms in total. The van der Waals surface area contributed by atoms with E-state index in [0.29, 0.717) is 13.0 Å². The maximum atomic E-state index is 11.4. The van der Waals surface area contributed by atoms with Crippen LogP contribution >= 0.6 is 12.4 Å². The normalized spacial score (nSPS) is 9.31. The molecule has 4 heteroatoms. The van der Waals surface area contributed by atoms with Gasteiger partial charge in [-0.25, -0.2) is 0 Å². The van der Waals surface area contributed by atoms with Crippen LogP contribution in [0.1, 0.15) is 12.5 Å². The average molecular weight is 243 g/mol. The Morgan fingerprint density at radius 3 is 2.50 bits per heavy atom. The molecule has 0 spiro atoms. The van der Waals surface area contributed by atoms with Crippen LogP contribution in [0, 0.1) is 0 Å². The molecule has 0 saturated carbocycles. The Bertz CT molecular complexity index is 290. The smallest absolute Gasteiger partial charge is 0.224 e. The number of hydrogen-bond acceptors (Lipinski definition) is 2. The molecule has 2 N–H and O–H groups in total. The maximum Gasteiger partial charge on any atom is 0.224 e. The summed E-state index contributed by atoms with van der Waals surface area (Å²) in [6.45, 7) is 4.51. The number of halogens is 1. The van der Waals surface area contributed by atoms with Crippen LogP contribution in [-0.2, 0) is 11.2 Å². The third kappa shape index (κ3) is 6.43. The summed E-state index contributed by atoms with van der Waals surface area (Å²) >= 11 is 0. The summed E-state index contributed by atoms with van der Waals surface area (Å²) in [7, 11) is 0. The minimum absolute atomic E-state index is 0. The molecule has 0 bridgehead atoms. The Hall–Kier alpha value is -1.06. The lowest BCUT2D eigenvalue weighted by molar-refractivity contribution is -0.120. The zero-order chi connectivity index (χ0) is 10.9. The first-order valence-electron chi connectivity index (χ1n) is 5.34. The molecule has 0 aliphatic carbocycles. The van der Waals surface area contributed by atoms with Crippen LogP contribution in [0.5, 0.6) is 0 Å². The second kappa shape index (κ2) is 9.19. The van der Waals surface area contributed by atoms with E-state index in [-0.39, 0.29) is 18.3 Å². The Morgan fingerprint density at radius 2 is 1.88 bits per heavy atom. The van der Waals surface area contributed by atoms with Gasteiger partial charge < -0.3 is 10.6 Å². The van der Waals surface area contributed by atoms with Crippen LogP contribution in [0.3, 0.4) is 0 Å². The zero-order valence-corrected chi connectivity index (χ0v) is 10.3. The standard InChI is InChI=1S/C12H18N2O.ClH/c1-2-13-8-9-14-12(15)10-11-6-4-3-5-7-11;/h3-7,13H,2,8-10H2,1H3,(H,14,15);1H. The zero-order valence-electron chi connectivity index (χ0n) is 9.53. The van der Waals surface area contributed by atoms with Gasteiger partial charge >= 0.3 is 0 Å². The maximum absolute atomic E-state index is 11.4. The number of likely N-dealkylation sites (N-methyl/N-ethyl adjacent to an activating group) is 1. The molecule has 0 aromatic heterocycles. The van der Waals surface area contributed by atoms with Crippen molar-refractivity contribution in [1.82, 2.24) is 10.6 Å². The largest absolute Gasteiger partial charge is 0.355 e. The quantitative estimate of drug-likeness (QED) is 0.740. The molecule has 0 radical (unpaired) electrons. The summed E-state index contributed by atoms with van der Waals surface area (Å²) in [6.07, 6.45) is 0.465. The molecule has 1 aromatic rings. The van der Waals surface area contributed by atoms with Crippen LogP contribution in [0.4, 0.5) is 0 Å². The van der Waals surface area contributed by atoms with E-state index in [2.05, 4.69) is 10.6 Å². The minimum atomic E-state index is 0. The van der Waals surface area contributed by atoms with Gasteiger partial charge in [0.2, 0.25) is 5.91 Å². The lowest BCUT2D eigenvalue weighted by atomic mass is 10.1. The van der Waals surface area contributed by atoms with Crippen LogP contribution in [-0.4, -0.2) is 25.5 Å². The Morgan fingerprint density at radius 1 is 1.19 bits per heavy atom. The van der Waals surface area contributed by atoms with Gasteiger partial charge in [0.05, 0.1) is 6.42 Å². The highest BCUT2D eigenvalue weighted by Gasteiger charge is 2.00. The van der Waals surface area contributed by atoms with Gasteiger partial charge in [-0.05, 0) is 12.1 Å². The van der Waals surface area contributed by atoms with Crippen molar-refractivity contribution in [2.24, 2.45) is 0 Å². The van der Waals surface area contributed by atoms with Crippen molar-refractivity contribution in [1.29, 1.82) is 0 Å². The number of hydrogen-bond donors (Lipinski definition) is 2. The fraction of sp³-hybridized carbons (Fsp3) is 0.417. The number of amides is 1. The van der Waals surface area contributed by atoms with Crippen molar-refractivity contribution < 1.29 is 4.79 Å². The molecule has 0 atom stereocenters. The molecular weight excluding hydrogens is 224 g/mol. The Balaban J connectivity index is 0.00000225. The molecule has 1 amide bonds. The first-order chi connectivity index (χ1) is 7.33. The molecule has 0 aliphatic rings. The van der Waals surface area contributed by atoms with E-state index in [0.717, 1.165) is 18.7 Å². The lowest BCUT2D eigenvalue weighted by Gasteiger charge is -2.05. The summed E-state index contributed by atoms with van der Waals surface area (Å²) in [4.78, 5) is 11.4. The van der Waals surface area contributed by atoms with E-state index in [9.17, 15) is 4.79 Å². The average Bonchev–Trinajstić information content (AvgIpc) is 2.26. The second-order valence-electron chi connectivity index (χ2n) is 3.37. The Labute approximate surface area is 103 Å². The number of rotatable bonds is 6. The van der Waals surface area contributed by atoms with Gasteiger partial charge in [-0.15, -0.1) is 12.4 Å². The summed E-state index contributed by atoms with van der Waals surface area (Å²) in [5.74, 6) is 0.0825. The molecule has 90 valence electrons. The summed E-state index contributed by atoms with van der Waals surface area (Å²) in [6, 6.07) is 9.77. The monoisotopic (exact) mass is 242 g/mol. The van der Waals surface area contributed by atoms with Gasteiger partial charge in [-0.3, -0.25) is 4.79 Å². The van der Waals surface area contributed by atoms with Gasteiger partial charge in [0.1, 0.15) is 0 Å². The summed E-state index contributed by atoms with van der Waals surface area (Å²) < 4.78 is 0. The fourth-order valence-corrected chi connectivity index (χ4v) is 1.31. The molecule has 1 rings (SSSR count). The van der Waals surface area contributed by atoms with Crippen molar-refractivity contribution in [2.45, 2.75) is 13.3 Å². The minimum Gasteiger partial charge on any atom is -0.355 e. The summed E-state index contributed by atoms with van der Waals surface area (Å²) in [5, 5.41) is 6.02. The molecular formula is C12H19ClN2O. The highest BCUT2D eigenvalue weighted by molar-refractivity contribution is 5.85. The van der Waals surface area contributed by atoms with Crippen LogP contribution < -0.4 is 10.6 Å². The first kappa shape index (κ1) is 14.9.